The number of benzene rings is 4. The van der Waals surface area contributed by atoms with Crippen molar-refractivity contribution in [3.8, 4) is 17.2 Å². The molecule has 1 aliphatic rings. The van der Waals surface area contributed by atoms with Crippen LogP contribution in [0.4, 0.5) is 0 Å². The highest BCUT2D eigenvalue weighted by molar-refractivity contribution is 5.44. The molecule has 3 heteroatoms. The van der Waals surface area contributed by atoms with Crippen LogP contribution in [0.2, 0.25) is 0 Å². The first-order chi connectivity index (χ1) is 22.3. The number of aryl methyl sites for hydroxylation is 4. The lowest BCUT2D eigenvalue weighted by Gasteiger charge is -2.21. The van der Waals surface area contributed by atoms with Crippen LogP contribution in [0.3, 0.4) is 0 Å². The van der Waals surface area contributed by atoms with Gasteiger partial charge in [-0.2, -0.15) is 0 Å². The molecule has 3 nitrogen and oxygen atoms in total. The molecule has 0 saturated heterocycles. The van der Waals surface area contributed by atoms with Crippen LogP contribution >= 0.6 is 0 Å². The Hall–Kier alpha value is -3.72. The molecule has 0 aliphatic carbocycles. The van der Waals surface area contributed by atoms with Gasteiger partial charge >= 0.3 is 0 Å². The minimum atomic E-state index is 0.528. The minimum Gasteiger partial charge on any atom is -0.497 e. The molecule has 0 aromatic heterocycles. The fourth-order valence-corrected chi connectivity index (χ4v) is 5.83. The zero-order chi connectivity index (χ0) is 35.1. The fourth-order valence-electron chi connectivity index (χ4n) is 5.83. The monoisotopic (exact) mass is 638 g/mol. The third kappa shape index (κ3) is 12.4. The Morgan fingerprint density at radius 2 is 1.15 bits per heavy atom. The summed E-state index contributed by atoms with van der Waals surface area (Å²) in [7, 11) is 3.42. The van der Waals surface area contributed by atoms with Gasteiger partial charge in [-0.05, 0) is 114 Å². The zero-order valence-corrected chi connectivity index (χ0v) is 31.7. The average molecular weight is 639 g/mol. The van der Waals surface area contributed by atoms with Crippen molar-refractivity contribution in [3.63, 3.8) is 0 Å². The summed E-state index contributed by atoms with van der Waals surface area (Å²) in [6, 6.07) is 27.6. The van der Waals surface area contributed by atoms with Crippen molar-refractivity contribution >= 4 is 0 Å². The molecule has 0 spiro atoms. The van der Waals surface area contributed by atoms with E-state index in [1.165, 1.54) is 50.9 Å². The number of fused-ring (bicyclic) bond motifs is 1. The predicted molar refractivity (Wildman–Crippen MR) is 203 cm³/mol. The van der Waals surface area contributed by atoms with Gasteiger partial charge in [0.05, 0.1) is 20.8 Å². The van der Waals surface area contributed by atoms with Crippen molar-refractivity contribution in [2.45, 2.75) is 113 Å². The van der Waals surface area contributed by atoms with Gasteiger partial charge in [0.25, 0.3) is 0 Å². The van der Waals surface area contributed by atoms with Crippen molar-refractivity contribution < 1.29 is 14.2 Å². The number of methoxy groups -OCH3 is 2. The summed E-state index contributed by atoms with van der Waals surface area (Å²) in [5, 5.41) is 0. The summed E-state index contributed by atoms with van der Waals surface area (Å²) in [5.74, 6) is 5.43. The van der Waals surface area contributed by atoms with Crippen molar-refractivity contribution in [1.29, 1.82) is 0 Å². The third-order valence-electron chi connectivity index (χ3n) is 8.50. The highest BCUT2D eigenvalue weighted by Gasteiger charge is 2.15. The Morgan fingerprint density at radius 3 is 1.68 bits per heavy atom. The highest BCUT2D eigenvalue weighted by atomic mass is 16.5. The Kier molecular flexibility index (Phi) is 16.6. The molecular weight excluding hydrogens is 576 g/mol. The third-order valence-corrected chi connectivity index (χ3v) is 8.50. The SMILES string of the molecule is CC(C)c1cccc2c1OCCC2.COc1ccc(C(C)C)c(C)c1.COc1ccc(C)cc1C(C)C.Cc1ccccc1C(C)C. The summed E-state index contributed by atoms with van der Waals surface area (Å²) in [6.07, 6.45) is 2.34. The van der Waals surface area contributed by atoms with Gasteiger partial charge in [0.15, 0.2) is 0 Å². The lowest BCUT2D eigenvalue weighted by Crippen LogP contribution is -2.10. The molecule has 4 aromatic rings. The second kappa shape index (κ2) is 19.8. The second-order valence-corrected chi connectivity index (χ2v) is 13.7. The van der Waals surface area contributed by atoms with Gasteiger partial charge in [-0.15, -0.1) is 0 Å². The van der Waals surface area contributed by atoms with Crippen molar-refractivity contribution in [2.24, 2.45) is 0 Å². The van der Waals surface area contributed by atoms with E-state index in [0.717, 1.165) is 30.3 Å². The van der Waals surface area contributed by atoms with Gasteiger partial charge < -0.3 is 14.2 Å². The Bertz CT molecular complexity index is 1500. The molecular formula is C44H62O3. The zero-order valence-electron chi connectivity index (χ0n) is 31.7. The molecule has 0 N–H and O–H groups in total. The first kappa shape index (κ1) is 39.5. The number of hydrogen-bond acceptors (Lipinski definition) is 3. The molecule has 256 valence electrons. The van der Waals surface area contributed by atoms with Crippen LogP contribution in [-0.2, 0) is 6.42 Å². The molecule has 4 aromatic carbocycles. The van der Waals surface area contributed by atoms with Crippen LogP contribution in [0.5, 0.6) is 17.2 Å². The molecule has 0 atom stereocenters. The van der Waals surface area contributed by atoms with E-state index in [1.807, 2.05) is 12.1 Å². The predicted octanol–water partition coefficient (Wildman–Crippen LogP) is 12.5. The van der Waals surface area contributed by atoms with Crippen LogP contribution in [-0.4, -0.2) is 20.8 Å². The number of rotatable bonds is 6. The molecule has 0 saturated carbocycles. The van der Waals surface area contributed by atoms with Crippen molar-refractivity contribution in [1.82, 2.24) is 0 Å². The summed E-state index contributed by atoms with van der Waals surface area (Å²) in [4.78, 5) is 0. The number of para-hydroxylation sites is 1. The van der Waals surface area contributed by atoms with Crippen LogP contribution in [0.25, 0.3) is 0 Å². The van der Waals surface area contributed by atoms with E-state index in [2.05, 4.69) is 143 Å². The average Bonchev–Trinajstić information content (AvgIpc) is 3.05. The van der Waals surface area contributed by atoms with Gasteiger partial charge in [-0.25, -0.2) is 0 Å². The van der Waals surface area contributed by atoms with Crippen LogP contribution < -0.4 is 14.2 Å². The van der Waals surface area contributed by atoms with E-state index in [9.17, 15) is 0 Å². The van der Waals surface area contributed by atoms with Crippen LogP contribution in [0, 0.1) is 20.8 Å². The molecule has 0 fully saturated rings. The Morgan fingerprint density at radius 1 is 0.553 bits per heavy atom. The standard InChI is InChI=1S/C12H16O.2C11H16O.C10H14/c1-9(2)11-7-3-5-10-6-4-8-13-12(10)11;1-8(2)11-6-5-10(12-4)7-9(11)3;1-8(2)10-7-9(3)5-6-11(10)12-4;1-8(2)10-7-5-4-6-9(10)3/h3,5,7,9H,4,6,8H2,1-2H3;2*5-8H,1-4H3;4-8H,1-3H3. The molecule has 1 heterocycles. The fraction of sp³-hybridized carbons (Fsp3) is 0.455. The van der Waals surface area contributed by atoms with Gasteiger partial charge in [-0.3, -0.25) is 0 Å². The molecule has 5 rings (SSSR count). The molecule has 1 aliphatic heterocycles. The molecule has 47 heavy (non-hydrogen) atoms. The van der Waals surface area contributed by atoms with Gasteiger partial charge in [0.2, 0.25) is 0 Å². The molecule has 0 radical (unpaired) electrons. The van der Waals surface area contributed by atoms with E-state index < -0.39 is 0 Å². The highest BCUT2D eigenvalue weighted by Crippen LogP contribution is 2.33. The first-order valence-corrected chi connectivity index (χ1v) is 17.4. The normalized spacial score (nSPS) is 11.8. The Balaban J connectivity index is 0.000000219. The van der Waals surface area contributed by atoms with E-state index in [-0.39, 0.29) is 0 Å². The minimum absolute atomic E-state index is 0.528. The Labute approximate surface area is 287 Å². The topological polar surface area (TPSA) is 27.7 Å². The maximum Gasteiger partial charge on any atom is 0.125 e. The van der Waals surface area contributed by atoms with E-state index in [0.29, 0.717) is 23.7 Å². The number of ether oxygens (including phenoxy) is 3. The summed E-state index contributed by atoms with van der Waals surface area (Å²) < 4.78 is 16.1. The van der Waals surface area contributed by atoms with Gasteiger partial charge in [0, 0.05) is 0 Å². The number of hydrogen-bond donors (Lipinski definition) is 0. The lowest BCUT2D eigenvalue weighted by atomic mass is 9.96. The second-order valence-electron chi connectivity index (χ2n) is 13.7. The van der Waals surface area contributed by atoms with Crippen molar-refractivity contribution in [3.05, 3.63) is 123 Å². The summed E-state index contributed by atoms with van der Waals surface area (Å²) in [5.41, 5.74) is 10.9. The maximum absolute atomic E-state index is 5.72. The van der Waals surface area contributed by atoms with Crippen LogP contribution in [0.15, 0.2) is 78.9 Å². The van der Waals surface area contributed by atoms with E-state index in [4.69, 9.17) is 14.2 Å². The summed E-state index contributed by atoms with van der Waals surface area (Å²) >= 11 is 0. The molecule has 0 amide bonds. The van der Waals surface area contributed by atoms with E-state index >= 15 is 0 Å². The lowest BCUT2D eigenvalue weighted by molar-refractivity contribution is 0.284. The first-order valence-electron chi connectivity index (χ1n) is 17.4. The van der Waals surface area contributed by atoms with Crippen molar-refractivity contribution in [2.75, 3.05) is 20.8 Å². The van der Waals surface area contributed by atoms with Gasteiger partial charge in [-0.1, -0.05) is 122 Å². The smallest absolute Gasteiger partial charge is 0.125 e. The van der Waals surface area contributed by atoms with Crippen LogP contribution in [0.1, 0.15) is 130 Å². The maximum atomic E-state index is 5.72. The van der Waals surface area contributed by atoms with E-state index in [1.54, 1.807) is 14.2 Å². The van der Waals surface area contributed by atoms with Gasteiger partial charge in [0.1, 0.15) is 17.2 Å². The molecule has 0 unspecified atom stereocenters. The largest absolute Gasteiger partial charge is 0.497 e. The summed E-state index contributed by atoms with van der Waals surface area (Å²) in [6.45, 7) is 24.9. The molecule has 0 bridgehead atoms. The quantitative estimate of drug-likeness (QED) is 0.210.